The van der Waals surface area contributed by atoms with Gasteiger partial charge in [0, 0.05) is 17.3 Å². The van der Waals surface area contributed by atoms with Gasteiger partial charge in [-0.3, -0.25) is 4.40 Å². The van der Waals surface area contributed by atoms with Gasteiger partial charge < -0.3 is 4.42 Å². The van der Waals surface area contributed by atoms with Crippen LogP contribution in [0.2, 0.25) is 0 Å². The van der Waals surface area contributed by atoms with Crippen LogP contribution in [0.1, 0.15) is 25.3 Å². The van der Waals surface area contributed by atoms with Crippen molar-refractivity contribution in [1.82, 2.24) is 9.38 Å². The first kappa shape index (κ1) is 15.9. The number of imidazole rings is 1. The van der Waals surface area contributed by atoms with Crippen molar-refractivity contribution in [2.24, 2.45) is 0 Å². The molecule has 132 valence electrons. The van der Waals surface area contributed by atoms with Gasteiger partial charge in [0.25, 0.3) is 0 Å². The molecule has 5 rings (SSSR count). The molecule has 0 unspecified atom stereocenters. The maximum atomic E-state index is 5.58. The lowest BCUT2D eigenvalue weighted by atomic mass is 9.98. The van der Waals surface area contributed by atoms with Crippen molar-refractivity contribution in [3.8, 4) is 22.5 Å². The molecule has 0 radical (unpaired) electrons. The van der Waals surface area contributed by atoms with Crippen molar-refractivity contribution in [2.75, 3.05) is 0 Å². The maximum absolute atomic E-state index is 5.58. The second-order valence-electron chi connectivity index (χ2n) is 7.20. The molecule has 0 aliphatic carbocycles. The monoisotopic (exact) mass is 352 g/mol. The summed E-state index contributed by atoms with van der Waals surface area (Å²) in [5, 5.41) is 2.44. The molecule has 0 atom stereocenters. The Balaban J connectivity index is 1.72. The highest BCUT2D eigenvalue weighted by atomic mass is 16.3. The van der Waals surface area contributed by atoms with Crippen LogP contribution in [0.5, 0.6) is 0 Å². The van der Waals surface area contributed by atoms with E-state index in [0.29, 0.717) is 11.8 Å². The first-order valence-corrected chi connectivity index (χ1v) is 9.26. The molecule has 5 aromatic rings. The van der Waals surface area contributed by atoms with E-state index in [4.69, 9.17) is 9.40 Å². The van der Waals surface area contributed by atoms with Crippen LogP contribution in [0.3, 0.4) is 0 Å². The van der Waals surface area contributed by atoms with Crippen LogP contribution in [0, 0.1) is 0 Å². The number of oxazole rings is 1. The molecule has 0 aliphatic rings. The molecule has 0 aliphatic heterocycles. The van der Waals surface area contributed by atoms with Crippen LogP contribution in [0.4, 0.5) is 0 Å². The van der Waals surface area contributed by atoms with E-state index in [2.05, 4.69) is 80.6 Å². The number of nitrogens with zero attached hydrogens (tertiary/aromatic N) is 2. The molecule has 3 heteroatoms. The summed E-state index contributed by atoms with van der Waals surface area (Å²) < 4.78 is 7.61. The highest BCUT2D eigenvalue weighted by Gasteiger charge is 2.18. The third kappa shape index (κ3) is 2.63. The van der Waals surface area contributed by atoms with Gasteiger partial charge in [0.2, 0.25) is 0 Å². The summed E-state index contributed by atoms with van der Waals surface area (Å²) in [4.78, 5) is 4.78. The summed E-state index contributed by atoms with van der Waals surface area (Å²) in [6.07, 6.45) is 3.61. The van der Waals surface area contributed by atoms with E-state index in [-0.39, 0.29) is 0 Å². The molecule has 3 aromatic carbocycles. The molecule has 2 heterocycles. The molecular formula is C24H20N2O. The molecule has 0 bridgehead atoms. The molecule has 0 N–H and O–H groups in total. The minimum atomic E-state index is 0.512. The van der Waals surface area contributed by atoms with Gasteiger partial charge in [0.05, 0.1) is 5.69 Å². The smallest absolute Gasteiger partial charge is 0.306 e. The minimum Gasteiger partial charge on any atom is -0.432 e. The molecular weight excluding hydrogens is 332 g/mol. The van der Waals surface area contributed by atoms with E-state index in [1.165, 1.54) is 16.3 Å². The summed E-state index contributed by atoms with van der Waals surface area (Å²) in [7, 11) is 0. The lowest BCUT2D eigenvalue weighted by Crippen LogP contribution is -1.90. The zero-order valence-corrected chi connectivity index (χ0v) is 15.4. The number of hydrogen-bond donors (Lipinski definition) is 0. The topological polar surface area (TPSA) is 30.4 Å². The summed E-state index contributed by atoms with van der Waals surface area (Å²) in [5.41, 5.74) is 5.56. The Hall–Kier alpha value is -3.33. The predicted octanol–water partition coefficient (Wildman–Crippen LogP) is 6.54. The van der Waals surface area contributed by atoms with E-state index in [0.717, 1.165) is 22.5 Å². The zero-order valence-electron chi connectivity index (χ0n) is 15.4. The summed E-state index contributed by atoms with van der Waals surface area (Å²) in [6.45, 7) is 4.42. The number of hydrogen-bond acceptors (Lipinski definition) is 2. The van der Waals surface area contributed by atoms with E-state index in [1.807, 2.05) is 10.6 Å². The van der Waals surface area contributed by atoms with Crippen LogP contribution in [-0.4, -0.2) is 9.38 Å². The van der Waals surface area contributed by atoms with Crippen LogP contribution in [0.25, 0.3) is 39.1 Å². The van der Waals surface area contributed by atoms with Gasteiger partial charge in [-0.15, -0.1) is 0 Å². The van der Waals surface area contributed by atoms with Crippen LogP contribution in [-0.2, 0) is 0 Å². The number of fused-ring (bicyclic) bond motifs is 2. The second kappa shape index (κ2) is 6.13. The SMILES string of the molecule is CC(C)c1ccc(-c2c(-c3ccc4ccccc4c3)nc3occn23)cc1. The quantitative estimate of drug-likeness (QED) is 0.369. The first-order chi connectivity index (χ1) is 13.2. The Morgan fingerprint density at radius 1 is 0.852 bits per heavy atom. The average Bonchev–Trinajstić information content (AvgIpc) is 3.29. The number of aromatic nitrogens is 2. The van der Waals surface area contributed by atoms with E-state index < -0.39 is 0 Å². The number of benzene rings is 3. The van der Waals surface area contributed by atoms with E-state index in [1.54, 1.807) is 6.26 Å². The molecule has 0 spiro atoms. The average molecular weight is 352 g/mol. The summed E-state index contributed by atoms with van der Waals surface area (Å²) >= 11 is 0. The van der Waals surface area contributed by atoms with Crippen molar-refractivity contribution in [3.05, 3.63) is 84.8 Å². The van der Waals surface area contributed by atoms with Crippen molar-refractivity contribution >= 4 is 16.6 Å². The van der Waals surface area contributed by atoms with Gasteiger partial charge in [-0.1, -0.05) is 74.5 Å². The van der Waals surface area contributed by atoms with Crippen molar-refractivity contribution in [1.29, 1.82) is 0 Å². The largest absolute Gasteiger partial charge is 0.432 e. The third-order valence-electron chi connectivity index (χ3n) is 5.14. The van der Waals surface area contributed by atoms with E-state index in [9.17, 15) is 0 Å². The normalized spacial score (nSPS) is 11.7. The Bertz CT molecular complexity index is 1240. The van der Waals surface area contributed by atoms with Crippen LogP contribution >= 0.6 is 0 Å². The van der Waals surface area contributed by atoms with Crippen LogP contribution < -0.4 is 0 Å². The molecule has 0 amide bonds. The van der Waals surface area contributed by atoms with Crippen molar-refractivity contribution < 1.29 is 4.42 Å². The summed E-state index contributed by atoms with van der Waals surface area (Å²) in [5.74, 6) is 1.12. The molecule has 0 saturated heterocycles. The molecule has 3 nitrogen and oxygen atoms in total. The second-order valence-corrected chi connectivity index (χ2v) is 7.20. The molecule has 0 saturated carbocycles. The fraction of sp³-hybridized carbons (Fsp3) is 0.125. The fourth-order valence-electron chi connectivity index (χ4n) is 3.63. The highest BCUT2D eigenvalue weighted by molar-refractivity contribution is 5.90. The lowest BCUT2D eigenvalue weighted by Gasteiger charge is -2.09. The Morgan fingerprint density at radius 2 is 1.59 bits per heavy atom. The zero-order chi connectivity index (χ0) is 18.4. The Labute approximate surface area is 157 Å². The molecule has 27 heavy (non-hydrogen) atoms. The minimum absolute atomic E-state index is 0.512. The molecule has 0 fully saturated rings. The van der Waals surface area contributed by atoms with Crippen molar-refractivity contribution in [3.63, 3.8) is 0 Å². The van der Waals surface area contributed by atoms with Crippen LogP contribution in [0.15, 0.2) is 83.6 Å². The highest BCUT2D eigenvalue weighted by Crippen LogP contribution is 2.35. The van der Waals surface area contributed by atoms with Gasteiger partial charge in [-0.25, -0.2) is 0 Å². The van der Waals surface area contributed by atoms with Gasteiger partial charge in [0.15, 0.2) is 0 Å². The number of rotatable bonds is 3. The van der Waals surface area contributed by atoms with Crippen molar-refractivity contribution in [2.45, 2.75) is 19.8 Å². The molecule has 2 aromatic heterocycles. The van der Waals surface area contributed by atoms with Gasteiger partial charge >= 0.3 is 5.84 Å². The third-order valence-corrected chi connectivity index (χ3v) is 5.14. The Kier molecular flexibility index (Phi) is 3.61. The predicted molar refractivity (Wildman–Crippen MR) is 110 cm³/mol. The van der Waals surface area contributed by atoms with Gasteiger partial charge in [-0.05, 0) is 28.3 Å². The standard InChI is InChI=1S/C24H20N2O/c1-16(2)17-7-10-19(11-8-17)23-22(25-24-26(23)13-14-27-24)21-12-9-18-5-3-4-6-20(18)15-21/h3-16H,1-2H3. The lowest BCUT2D eigenvalue weighted by molar-refractivity contribution is 0.596. The first-order valence-electron chi connectivity index (χ1n) is 9.26. The Morgan fingerprint density at radius 3 is 2.37 bits per heavy atom. The van der Waals surface area contributed by atoms with E-state index >= 15 is 0 Å². The van der Waals surface area contributed by atoms with Gasteiger partial charge in [0.1, 0.15) is 12.0 Å². The maximum Gasteiger partial charge on any atom is 0.306 e. The van der Waals surface area contributed by atoms with Gasteiger partial charge in [-0.2, -0.15) is 4.98 Å². The fourth-order valence-corrected chi connectivity index (χ4v) is 3.63. The summed E-state index contributed by atoms with van der Waals surface area (Å²) in [6, 6.07) is 23.6.